The number of pyridine rings is 1. The predicted octanol–water partition coefficient (Wildman–Crippen LogP) is 4.78. The number of hydrogen-bond donors (Lipinski definition) is 0. The van der Waals surface area contributed by atoms with Crippen molar-refractivity contribution in [3.05, 3.63) is 95.3 Å². The summed E-state index contributed by atoms with van der Waals surface area (Å²) in [5.74, 6) is 0.169. The first-order chi connectivity index (χ1) is 11.7. The van der Waals surface area contributed by atoms with Crippen molar-refractivity contribution >= 4 is 18.1 Å². The highest BCUT2D eigenvalue weighted by molar-refractivity contribution is 5.91. The second kappa shape index (κ2) is 7.38. The summed E-state index contributed by atoms with van der Waals surface area (Å²) in [4.78, 5) is 16.3. The van der Waals surface area contributed by atoms with Gasteiger partial charge in [0.25, 0.3) is 0 Å². The summed E-state index contributed by atoms with van der Waals surface area (Å²) in [5.41, 5.74) is 3.55. The van der Waals surface area contributed by atoms with Crippen LogP contribution < -0.4 is 4.74 Å². The average molecular weight is 315 g/mol. The van der Waals surface area contributed by atoms with E-state index in [1.54, 1.807) is 30.5 Å². The van der Waals surface area contributed by atoms with Crippen molar-refractivity contribution in [2.75, 3.05) is 0 Å². The summed E-state index contributed by atoms with van der Waals surface area (Å²) in [6.07, 6.45) is 5.66. The van der Waals surface area contributed by atoms with Gasteiger partial charge in [0.2, 0.25) is 0 Å². The van der Waals surface area contributed by atoms with Gasteiger partial charge in [-0.25, -0.2) is 4.79 Å². The highest BCUT2D eigenvalue weighted by Crippen LogP contribution is 2.16. The molecule has 0 radical (unpaired) electrons. The van der Waals surface area contributed by atoms with Crippen molar-refractivity contribution in [2.45, 2.75) is 6.92 Å². The van der Waals surface area contributed by atoms with Crippen LogP contribution in [0.1, 0.15) is 27.2 Å². The molecule has 0 amide bonds. The SMILES string of the molecule is Cc1ccc(C(=O)Oc2ccc(/C=C/c3ccccn3)cc2)cc1. The molecule has 118 valence electrons. The van der Waals surface area contributed by atoms with Gasteiger partial charge in [0.05, 0.1) is 11.3 Å². The van der Waals surface area contributed by atoms with Crippen LogP contribution in [-0.2, 0) is 0 Å². The molecular weight excluding hydrogens is 298 g/mol. The topological polar surface area (TPSA) is 39.2 Å². The predicted molar refractivity (Wildman–Crippen MR) is 95.7 cm³/mol. The summed E-state index contributed by atoms with van der Waals surface area (Å²) < 4.78 is 5.38. The molecule has 3 aromatic rings. The number of carbonyl (C=O) groups excluding carboxylic acids is 1. The van der Waals surface area contributed by atoms with Crippen LogP contribution in [0.3, 0.4) is 0 Å². The quantitative estimate of drug-likeness (QED) is 0.514. The molecule has 2 aromatic carbocycles. The molecule has 0 saturated heterocycles. The third kappa shape index (κ3) is 4.17. The minimum absolute atomic E-state index is 0.355. The fourth-order valence-electron chi connectivity index (χ4n) is 2.16. The van der Waals surface area contributed by atoms with Gasteiger partial charge in [0.1, 0.15) is 5.75 Å². The van der Waals surface area contributed by atoms with Crippen LogP contribution in [0.15, 0.2) is 72.9 Å². The van der Waals surface area contributed by atoms with Crippen LogP contribution in [0.2, 0.25) is 0 Å². The van der Waals surface area contributed by atoms with Crippen LogP contribution in [0.4, 0.5) is 0 Å². The van der Waals surface area contributed by atoms with E-state index in [-0.39, 0.29) is 5.97 Å². The molecule has 0 aliphatic heterocycles. The van der Waals surface area contributed by atoms with E-state index in [1.807, 2.05) is 61.5 Å². The number of carbonyl (C=O) groups is 1. The lowest BCUT2D eigenvalue weighted by Gasteiger charge is -2.05. The summed E-state index contributed by atoms with van der Waals surface area (Å²) >= 11 is 0. The van der Waals surface area contributed by atoms with Crippen LogP contribution in [-0.4, -0.2) is 11.0 Å². The third-order valence-corrected chi connectivity index (χ3v) is 3.51. The lowest BCUT2D eigenvalue weighted by molar-refractivity contribution is 0.0735. The van der Waals surface area contributed by atoms with E-state index in [4.69, 9.17) is 4.74 Å². The van der Waals surface area contributed by atoms with Crippen molar-refractivity contribution in [3.63, 3.8) is 0 Å². The monoisotopic (exact) mass is 315 g/mol. The third-order valence-electron chi connectivity index (χ3n) is 3.51. The number of ether oxygens (including phenoxy) is 1. The molecule has 0 aliphatic rings. The Bertz CT molecular complexity index is 835. The van der Waals surface area contributed by atoms with E-state index >= 15 is 0 Å². The number of aryl methyl sites for hydroxylation is 1. The molecule has 3 rings (SSSR count). The molecule has 0 saturated carbocycles. The fraction of sp³-hybridized carbons (Fsp3) is 0.0476. The Morgan fingerprint density at radius 2 is 1.67 bits per heavy atom. The molecule has 0 atom stereocenters. The van der Waals surface area contributed by atoms with E-state index in [2.05, 4.69) is 4.98 Å². The van der Waals surface area contributed by atoms with Crippen LogP contribution in [0.25, 0.3) is 12.2 Å². The molecule has 0 unspecified atom stereocenters. The van der Waals surface area contributed by atoms with Crippen molar-refractivity contribution in [3.8, 4) is 5.75 Å². The maximum absolute atomic E-state index is 12.1. The van der Waals surface area contributed by atoms with Gasteiger partial charge in [-0.3, -0.25) is 4.98 Å². The Morgan fingerprint density at radius 1 is 0.917 bits per heavy atom. The van der Waals surface area contributed by atoms with Gasteiger partial charge < -0.3 is 4.74 Å². The van der Waals surface area contributed by atoms with Gasteiger partial charge in [-0.2, -0.15) is 0 Å². The zero-order valence-electron chi connectivity index (χ0n) is 13.3. The Hall–Kier alpha value is -3.20. The number of aromatic nitrogens is 1. The zero-order valence-corrected chi connectivity index (χ0v) is 13.3. The fourth-order valence-corrected chi connectivity index (χ4v) is 2.16. The summed E-state index contributed by atoms with van der Waals surface area (Å²) in [5, 5.41) is 0. The Kier molecular flexibility index (Phi) is 4.82. The molecule has 0 aliphatic carbocycles. The van der Waals surface area contributed by atoms with Crippen molar-refractivity contribution in [2.24, 2.45) is 0 Å². The largest absolute Gasteiger partial charge is 0.423 e. The van der Waals surface area contributed by atoms with Crippen LogP contribution >= 0.6 is 0 Å². The second-order valence-corrected chi connectivity index (χ2v) is 5.41. The van der Waals surface area contributed by atoms with Gasteiger partial charge in [0.15, 0.2) is 0 Å². The molecule has 3 heteroatoms. The van der Waals surface area contributed by atoms with E-state index in [0.717, 1.165) is 16.8 Å². The van der Waals surface area contributed by atoms with Crippen molar-refractivity contribution in [1.29, 1.82) is 0 Å². The molecule has 3 nitrogen and oxygen atoms in total. The first kappa shape index (κ1) is 15.7. The number of esters is 1. The van der Waals surface area contributed by atoms with Gasteiger partial charge in [-0.15, -0.1) is 0 Å². The Labute approximate surface area is 141 Å². The highest BCUT2D eigenvalue weighted by atomic mass is 16.5. The molecule has 1 aromatic heterocycles. The number of hydrogen-bond acceptors (Lipinski definition) is 3. The van der Waals surface area contributed by atoms with Gasteiger partial charge >= 0.3 is 5.97 Å². The lowest BCUT2D eigenvalue weighted by Crippen LogP contribution is -2.08. The summed E-state index contributed by atoms with van der Waals surface area (Å²) in [6.45, 7) is 1.98. The van der Waals surface area contributed by atoms with E-state index in [0.29, 0.717) is 11.3 Å². The number of nitrogens with zero attached hydrogens (tertiary/aromatic N) is 1. The molecule has 0 fully saturated rings. The Morgan fingerprint density at radius 3 is 2.33 bits per heavy atom. The molecule has 24 heavy (non-hydrogen) atoms. The lowest BCUT2D eigenvalue weighted by atomic mass is 10.1. The van der Waals surface area contributed by atoms with Gasteiger partial charge in [-0.05, 0) is 55.0 Å². The highest BCUT2D eigenvalue weighted by Gasteiger charge is 2.07. The minimum atomic E-state index is -0.355. The maximum Gasteiger partial charge on any atom is 0.343 e. The van der Waals surface area contributed by atoms with E-state index in [1.165, 1.54) is 0 Å². The van der Waals surface area contributed by atoms with Gasteiger partial charge in [-0.1, -0.05) is 42.0 Å². The number of rotatable bonds is 4. The molecule has 0 bridgehead atoms. The smallest absolute Gasteiger partial charge is 0.343 e. The summed E-state index contributed by atoms with van der Waals surface area (Å²) in [6, 6.07) is 20.4. The first-order valence-electron chi connectivity index (χ1n) is 7.69. The molecule has 0 N–H and O–H groups in total. The molecule has 0 spiro atoms. The minimum Gasteiger partial charge on any atom is -0.423 e. The van der Waals surface area contributed by atoms with E-state index < -0.39 is 0 Å². The maximum atomic E-state index is 12.1. The van der Waals surface area contributed by atoms with Crippen molar-refractivity contribution < 1.29 is 9.53 Å². The van der Waals surface area contributed by atoms with Crippen LogP contribution in [0.5, 0.6) is 5.75 Å². The first-order valence-corrected chi connectivity index (χ1v) is 7.69. The molecule has 1 heterocycles. The van der Waals surface area contributed by atoms with Crippen LogP contribution in [0, 0.1) is 6.92 Å². The standard InChI is InChI=1S/C21H17NO2/c1-16-5-10-18(11-6-16)21(23)24-20-13-8-17(9-14-20)7-12-19-4-2-3-15-22-19/h2-15H,1H3/b12-7+. The number of benzene rings is 2. The zero-order chi connectivity index (χ0) is 16.8. The molecular formula is C21H17NO2. The normalized spacial score (nSPS) is 10.7. The second-order valence-electron chi connectivity index (χ2n) is 5.41. The van der Waals surface area contributed by atoms with Crippen molar-refractivity contribution in [1.82, 2.24) is 4.98 Å². The summed E-state index contributed by atoms with van der Waals surface area (Å²) in [7, 11) is 0. The average Bonchev–Trinajstić information content (AvgIpc) is 2.62. The van der Waals surface area contributed by atoms with Gasteiger partial charge in [0, 0.05) is 6.20 Å². The van der Waals surface area contributed by atoms with E-state index in [9.17, 15) is 4.79 Å². The Balaban J connectivity index is 1.65.